The molecule has 1 fully saturated rings. The molecule has 0 bridgehead atoms. The summed E-state index contributed by atoms with van der Waals surface area (Å²) in [5.41, 5.74) is 1.06. The number of ether oxygens (including phenoxy) is 1. The van der Waals surface area contributed by atoms with Crippen molar-refractivity contribution in [1.82, 2.24) is 18.9 Å². The molecule has 0 saturated carbocycles. The van der Waals surface area contributed by atoms with Crippen LogP contribution in [0.5, 0.6) is 5.75 Å². The molecule has 0 N–H and O–H groups in total. The van der Waals surface area contributed by atoms with Gasteiger partial charge in [0, 0.05) is 50.2 Å². The Balaban J connectivity index is 1.35. The molecule has 2 aliphatic heterocycles. The van der Waals surface area contributed by atoms with Crippen molar-refractivity contribution in [2.45, 2.75) is 44.8 Å². The quantitative estimate of drug-likeness (QED) is 0.368. The highest BCUT2D eigenvalue weighted by Gasteiger charge is 2.31. The van der Waals surface area contributed by atoms with E-state index in [1.165, 1.54) is 18.9 Å². The van der Waals surface area contributed by atoms with Crippen molar-refractivity contribution in [3.05, 3.63) is 85.6 Å². The summed E-state index contributed by atoms with van der Waals surface area (Å²) in [7, 11) is -2.07. The van der Waals surface area contributed by atoms with E-state index in [9.17, 15) is 27.6 Å². The van der Waals surface area contributed by atoms with E-state index in [2.05, 4.69) is 6.07 Å². The van der Waals surface area contributed by atoms with Gasteiger partial charge in [-0.05, 0) is 36.5 Å². The largest absolute Gasteiger partial charge is 0.495 e. The minimum atomic E-state index is -3.50. The molecular formula is C31H35ClN4O7S. The van der Waals surface area contributed by atoms with Gasteiger partial charge in [0.2, 0.25) is 11.8 Å². The lowest BCUT2D eigenvalue weighted by Gasteiger charge is -2.38. The van der Waals surface area contributed by atoms with Crippen LogP contribution in [-0.4, -0.2) is 84.0 Å². The van der Waals surface area contributed by atoms with Crippen molar-refractivity contribution in [1.29, 1.82) is 0 Å². The summed E-state index contributed by atoms with van der Waals surface area (Å²) in [5.74, 6) is -0.351. The second-order valence-corrected chi connectivity index (χ2v) is 13.9. The average molecular weight is 643 g/mol. The van der Waals surface area contributed by atoms with Crippen molar-refractivity contribution >= 4 is 33.3 Å². The van der Waals surface area contributed by atoms with E-state index in [-0.39, 0.29) is 47.1 Å². The Morgan fingerprint density at radius 2 is 1.68 bits per heavy atom. The van der Waals surface area contributed by atoms with Gasteiger partial charge >= 0.3 is 5.69 Å². The predicted molar refractivity (Wildman–Crippen MR) is 167 cm³/mol. The number of methoxy groups -OCH3 is 1. The lowest BCUT2D eigenvalue weighted by Crippen LogP contribution is -2.50. The fraction of sp³-hybridized carbons (Fsp3) is 0.419. The number of halogens is 1. The molecule has 3 aromatic rings. The Morgan fingerprint density at radius 3 is 2.36 bits per heavy atom. The van der Waals surface area contributed by atoms with E-state index in [0.717, 1.165) is 27.4 Å². The molecule has 5 rings (SSSR count). The third kappa shape index (κ3) is 6.76. The van der Waals surface area contributed by atoms with Gasteiger partial charge in [-0.25, -0.2) is 13.2 Å². The molecule has 11 nitrogen and oxygen atoms in total. The molecule has 0 atom stereocenters. The summed E-state index contributed by atoms with van der Waals surface area (Å²) in [6.45, 7) is 0.734. The van der Waals surface area contributed by atoms with Crippen LogP contribution >= 0.6 is 11.6 Å². The molecule has 0 unspecified atom stereocenters. The molecule has 2 aromatic carbocycles. The molecule has 1 aromatic heterocycles. The van der Waals surface area contributed by atoms with Crippen LogP contribution in [0.4, 0.5) is 0 Å². The number of fused-ring (bicyclic) bond motifs is 1. The summed E-state index contributed by atoms with van der Waals surface area (Å²) < 4.78 is 31.0. The first-order chi connectivity index (χ1) is 21.0. The first-order valence-corrected chi connectivity index (χ1v) is 16.9. The number of carbonyl (C=O) groups excluding carboxylic acids is 2. The van der Waals surface area contributed by atoms with Gasteiger partial charge in [0.1, 0.15) is 22.1 Å². The van der Waals surface area contributed by atoms with Crippen LogP contribution in [0.25, 0.3) is 11.1 Å². The molecule has 234 valence electrons. The minimum absolute atomic E-state index is 0.0169. The molecule has 1 saturated heterocycles. The number of hydrogen-bond acceptors (Lipinski definition) is 7. The fourth-order valence-corrected chi connectivity index (χ4v) is 6.76. The van der Waals surface area contributed by atoms with Gasteiger partial charge < -0.3 is 14.5 Å². The van der Waals surface area contributed by atoms with Gasteiger partial charge in [-0.1, -0.05) is 48.0 Å². The van der Waals surface area contributed by atoms with Crippen LogP contribution in [0.1, 0.15) is 24.0 Å². The standard InChI is InChI=1S/C31H35ClN4O7S/c1-43-26-9-5-8-24(29(26)32)25-19-34(31(40)36(30(25)39)16-17-44(2,41)42)20-28(38)33-13-11-23(12-14-33)35-15-10-21-6-3-4-7-22(21)18-27(35)37/h3-9,19,23H,10-18,20H2,1-2H3. The number of nitrogens with zero attached hydrogens (tertiary/aromatic N) is 4. The summed E-state index contributed by atoms with van der Waals surface area (Å²) in [4.78, 5) is 57.0. The molecule has 2 aliphatic rings. The van der Waals surface area contributed by atoms with Crippen molar-refractivity contribution in [2.75, 3.05) is 38.8 Å². The third-order valence-corrected chi connectivity index (χ3v) is 9.68. The van der Waals surface area contributed by atoms with E-state index in [0.29, 0.717) is 44.6 Å². The highest BCUT2D eigenvalue weighted by molar-refractivity contribution is 7.90. The van der Waals surface area contributed by atoms with Gasteiger partial charge in [-0.15, -0.1) is 0 Å². The monoisotopic (exact) mass is 642 g/mol. The Labute approximate surface area is 260 Å². The number of rotatable bonds is 8. The lowest BCUT2D eigenvalue weighted by atomic mass is 10.0. The van der Waals surface area contributed by atoms with E-state index >= 15 is 0 Å². The highest BCUT2D eigenvalue weighted by atomic mass is 35.5. The van der Waals surface area contributed by atoms with E-state index in [4.69, 9.17) is 16.3 Å². The number of amides is 2. The van der Waals surface area contributed by atoms with Crippen LogP contribution in [-0.2, 0) is 45.4 Å². The number of carbonyl (C=O) groups is 2. The van der Waals surface area contributed by atoms with Crippen molar-refractivity contribution in [3.8, 4) is 16.9 Å². The Morgan fingerprint density at radius 1 is 0.977 bits per heavy atom. The van der Waals surface area contributed by atoms with E-state index in [1.54, 1.807) is 23.1 Å². The maximum Gasteiger partial charge on any atom is 0.331 e. The maximum absolute atomic E-state index is 13.5. The number of hydrogen-bond donors (Lipinski definition) is 0. The number of aromatic nitrogens is 2. The second kappa shape index (κ2) is 13.0. The molecule has 2 amide bonds. The lowest BCUT2D eigenvalue weighted by molar-refractivity contribution is -0.136. The number of sulfone groups is 1. The average Bonchev–Trinajstić information content (AvgIpc) is 3.16. The first kappa shape index (κ1) is 31.5. The smallest absolute Gasteiger partial charge is 0.331 e. The second-order valence-electron chi connectivity index (χ2n) is 11.3. The molecule has 0 spiro atoms. The summed E-state index contributed by atoms with van der Waals surface area (Å²) in [6, 6.07) is 12.9. The van der Waals surface area contributed by atoms with Gasteiger partial charge in [0.05, 0.1) is 29.9 Å². The third-order valence-electron chi connectivity index (χ3n) is 8.36. The predicted octanol–water partition coefficient (Wildman–Crippen LogP) is 2.00. The zero-order valence-corrected chi connectivity index (χ0v) is 26.3. The van der Waals surface area contributed by atoms with Gasteiger partial charge in [-0.3, -0.25) is 23.5 Å². The Hall–Kier alpha value is -3.90. The van der Waals surface area contributed by atoms with Crippen LogP contribution in [0, 0.1) is 0 Å². The van der Waals surface area contributed by atoms with Crippen LogP contribution in [0.2, 0.25) is 5.02 Å². The van der Waals surface area contributed by atoms with Crippen LogP contribution < -0.4 is 16.0 Å². The van der Waals surface area contributed by atoms with Crippen LogP contribution in [0.15, 0.2) is 58.3 Å². The Kier molecular flexibility index (Phi) is 9.31. The molecule has 13 heteroatoms. The number of benzene rings is 2. The Bertz CT molecular complexity index is 1810. The number of piperidine rings is 1. The summed E-state index contributed by atoms with van der Waals surface area (Å²) >= 11 is 6.50. The summed E-state index contributed by atoms with van der Waals surface area (Å²) in [5, 5.41) is 0.145. The summed E-state index contributed by atoms with van der Waals surface area (Å²) in [6.07, 6.45) is 4.69. The molecule has 3 heterocycles. The zero-order valence-electron chi connectivity index (χ0n) is 24.7. The number of likely N-dealkylation sites (tertiary alicyclic amines) is 1. The minimum Gasteiger partial charge on any atom is -0.495 e. The van der Waals surface area contributed by atoms with Gasteiger partial charge in [-0.2, -0.15) is 0 Å². The molecular weight excluding hydrogens is 608 g/mol. The van der Waals surface area contributed by atoms with Crippen molar-refractivity contribution in [2.24, 2.45) is 0 Å². The molecule has 44 heavy (non-hydrogen) atoms. The SMILES string of the molecule is COc1cccc(-c2cn(CC(=O)N3CCC(N4CCc5ccccc5CC4=O)CC3)c(=O)n(CCS(C)(=O)=O)c2=O)c1Cl. The van der Waals surface area contributed by atoms with Gasteiger partial charge in [0.25, 0.3) is 5.56 Å². The fourth-order valence-electron chi connectivity index (χ4n) is 5.95. The van der Waals surface area contributed by atoms with E-state index < -0.39 is 26.8 Å². The topological polar surface area (TPSA) is 128 Å². The normalized spacial score (nSPS) is 16.0. The first-order valence-electron chi connectivity index (χ1n) is 14.5. The zero-order chi connectivity index (χ0) is 31.6. The van der Waals surface area contributed by atoms with Crippen molar-refractivity contribution in [3.63, 3.8) is 0 Å². The molecule has 0 aliphatic carbocycles. The van der Waals surface area contributed by atoms with Gasteiger partial charge in [0.15, 0.2) is 0 Å². The molecule has 0 radical (unpaired) electrons. The van der Waals surface area contributed by atoms with Crippen molar-refractivity contribution < 1.29 is 22.7 Å². The maximum atomic E-state index is 13.5. The highest BCUT2D eigenvalue weighted by Crippen LogP contribution is 2.33. The van der Waals surface area contributed by atoms with Crippen LogP contribution in [0.3, 0.4) is 0 Å². The van der Waals surface area contributed by atoms with E-state index in [1.807, 2.05) is 23.1 Å².